The molecule has 4 rings (SSSR count). The molecule has 172 valence electrons. The van der Waals surface area contributed by atoms with Crippen molar-refractivity contribution >= 4 is 23.2 Å². The maximum atomic E-state index is 12.5. The highest BCUT2D eigenvalue weighted by Gasteiger charge is 2.33. The topological polar surface area (TPSA) is 68.8 Å². The third kappa shape index (κ3) is 6.22. The van der Waals surface area contributed by atoms with Gasteiger partial charge in [0.05, 0.1) is 0 Å². The Morgan fingerprint density at radius 2 is 2.03 bits per heavy atom. The molecule has 0 spiro atoms. The molecule has 2 saturated carbocycles. The number of aliphatic imine (C=N–C) groups is 1. The van der Waals surface area contributed by atoms with E-state index in [-0.39, 0.29) is 11.8 Å². The van der Waals surface area contributed by atoms with E-state index in [4.69, 9.17) is 4.99 Å². The van der Waals surface area contributed by atoms with Crippen molar-refractivity contribution in [1.29, 1.82) is 0 Å². The van der Waals surface area contributed by atoms with E-state index in [1.54, 1.807) is 0 Å². The number of guanidine groups is 1. The van der Waals surface area contributed by atoms with E-state index in [0.29, 0.717) is 24.0 Å². The summed E-state index contributed by atoms with van der Waals surface area (Å²) >= 11 is 1.86. The van der Waals surface area contributed by atoms with Crippen LogP contribution in [0.4, 0.5) is 0 Å². The van der Waals surface area contributed by atoms with Gasteiger partial charge in [0.1, 0.15) is 0 Å². The van der Waals surface area contributed by atoms with Gasteiger partial charge in [0.2, 0.25) is 5.91 Å². The molecule has 31 heavy (non-hydrogen) atoms. The van der Waals surface area contributed by atoms with Crippen molar-refractivity contribution < 1.29 is 4.79 Å². The lowest BCUT2D eigenvalue weighted by Gasteiger charge is -2.38. The zero-order valence-electron chi connectivity index (χ0n) is 19.1. The molecule has 3 aliphatic rings. The fourth-order valence-electron chi connectivity index (χ4n) is 5.19. The number of hydrogen-bond acceptors (Lipinski definition) is 4. The summed E-state index contributed by atoms with van der Waals surface area (Å²) in [6.07, 6.45) is 8.91. The summed E-state index contributed by atoms with van der Waals surface area (Å²) in [6, 6.07) is 5.67. The van der Waals surface area contributed by atoms with E-state index in [1.165, 1.54) is 17.7 Å². The van der Waals surface area contributed by atoms with Crippen LogP contribution >= 0.6 is 11.3 Å². The van der Waals surface area contributed by atoms with Crippen LogP contribution < -0.4 is 16.0 Å². The molecule has 1 aromatic rings. The summed E-state index contributed by atoms with van der Waals surface area (Å²) < 4.78 is 0. The SMILES string of the molecule is CCNC(=NCC1CCCN(C)C1c1cccs1)NC1CCCC(C(=O)NC2CC2)C1. The van der Waals surface area contributed by atoms with Gasteiger partial charge in [0.25, 0.3) is 0 Å². The molecule has 6 nitrogen and oxygen atoms in total. The molecule has 1 aromatic heterocycles. The molecule has 3 fully saturated rings. The summed E-state index contributed by atoms with van der Waals surface area (Å²) in [7, 11) is 2.25. The zero-order valence-corrected chi connectivity index (χ0v) is 19.9. The second-order valence-electron chi connectivity index (χ2n) is 9.55. The standard InChI is InChI=1S/C24H39N5OS/c1-3-25-24(28-20-9-4-7-17(15-20)23(30)27-19-11-12-19)26-16-18-8-5-13-29(2)22(18)21-10-6-14-31-21/h6,10,14,17-20,22H,3-5,7-9,11-13,15-16H2,1-2H3,(H,27,30)(H2,25,26,28). The van der Waals surface area contributed by atoms with Crippen molar-refractivity contribution in [3.63, 3.8) is 0 Å². The van der Waals surface area contributed by atoms with Crippen LogP contribution in [-0.2, 0) is 4.79 Å². The molecule has 2 aliphatic carbocycles. The van der Waals surface area contributed by atoms with E-state index in [1.807, 2.05) is 11.3 Å². The van der Waals surface area contributed by atoms with Crippen LogP contribution in [0.25, 0.3) is 0 Å². The number of nitrogens with zero attached hydrogens (tertiary/aromatic N) is 2. The van der Waals surface area contributed by atoms with Crippen molar-refractivity contribution in [2.24, 2.45) is 16.8 Å². The number of likely N-dealkylation sites (tertiary alicyclic amines) is 1. The number of hydrogen-bond donors (Lipinski definition) is 3. The van der Waals surface area contributed by atoms with Crippen LogP contribution in [0.5, 0.6) is 0 Å². The molecule has 1 amide bonds. The van der Waals surface area contributed by atoms with Crippen LogP contribution in [0.2, 0.25) is 0 Å². The summed E-state index contributed by atoms with van der Waals surface area (Å²) in [6.45, 7) is 4.96. The number of thiophene rings is 1. The molecule has 3 N–H and O–H groups in total. The molecular weight excluding hydrogens is 406 g/mol. The van der Waals surface area contributed by atoms with Gasteiger partial charge in [-0.25, -0.2) is 0 Å². The fraction of sp³-hybridized carbons (Fsp3) is 0.750. The number of piperidine rings is 1. The molecule has 4 atom stereocenters. The van der Waals surface area contributed by atoms with Gasteiger partial charge >= 0.3 is 0 Å². The van der Waals surface area contributed by atoms with Crippen LogP contribution in [0.15, 0.2) is 22.5 Å². The smallest absolute Gasteiger partial charge is 0.223 e. The molecule has 1 saturated heterocycles. The average Bonchev–Trinajstić information content (AvgIpc) is 3.42. The highest BCUT2D eigenvalue weighted by molar-refractivity contribution is 7.10. The van der Waals surface area contributed by atoms with Crippen LogP contribution in [0.1, 0.15) is 69.2 Å². The lowest BCUT2D eigenvalue weighted by molar-refractivity contribution is -0.126. The van der Waals surface area contributed by atoms with Gasteiger partial charge in [0.15, 0.2) is 5.96 Å². The van der Waals surface area contributed by atoms with Crippen molar-refractivity contribution in [3.05, 3.63) is 22.4 Å². The minimum absolute atomic E-state index is 0.143. The Kier molecular flexibility index (Phi) is 7.88. The Morgan fingerprint density at radius 1 is 1.16 bits per heavy atom. The Labute approximate surface area is 191 Å². The lowest BCUT2D eigenvalue weighted by Crippen LogP contribution is -2.47. The predicted octanol–water partition coefficient (Wildman–Crippen LogP) is 3.52. The third-order valence-corrected chi connectivity index (χ3v) is 7.92. The second-order valence-corrected chi connectivity index (χ2v) is 10.5. The maximum absolute atomic E-state index is 12.5. The minimum atomic E-state index is 0.143. The van der Waals surface area contributed by atoms with Gasteiger partial charge in [-0.05, 0) is 82.8 Å². The van der Waals surface area contributed by atoms with Crippen molar-refractivity contribution in [3.8, 4) is 0 Å². The quantitative estimate of drug-likeness (QED) is 0.444. The molecular formula is C24H39N5OS. The van der Waals surface area contributed by atoms with Crippen molar-refractivity contribution in [2.75, 3.05) is 26.7 Å². The second kappa shape index (κ2) is 10.8. The predicted molar refractivity (Wildman–Crippen MR) is 128 cm³/mol. The van der Waals surface area contributed by atoms with Gasteiger partial charge in [0, 0.05) is 42.0 Å². The first-order chi connectivity index (χ1) is 15.1. The fourth-order valence-corrected chi connectivity index (χ4v) is 6.17. The minimum Gasteiger partial charge on any atom is -0.357 e. The van der Waals surface area contributed by atoms with Crippen LogP contribution in [0.3, 0.4) is 0 Å². The number of carbonyl (C=O) groups excluding carboxylic acids is 1. The Morgan fingerprint density at radius 3 is 2.77 bits per heavy atom. The van der Waals surface area contributed by atoms with E-state index in [0.717, 1.165) is 64.1 Å². The zero-order chi connectivity index (χ0) is 21.6. The normalized spacial score (nSPS) is 30.1. The Bertz CT molecular complexity index is 732. The molecule has 1 aliphatic heterocycles. The first-order valence-electron chi connectivity index (χ1n) is 12.2. The molecule has 7 heteroatoms. The summed E-state index contributed by atoms with van der Waals surface area (Å²) in [5.74, 6) is 1.86. The average molecular weight is 446 g/mol. The van der Waals surface area contributed by atoms with E-state index >= 15 is 0 Å². The molecule has 4 unspecified atom stereocenters. The largest absolute Gasteiger partial charge is 0.357 e. The summed E-state index contributed by atoms with van der Waals surface area (Å²) in [5, 5.41) is 12.5. The third-order valence-electron chi connectivity index (χ3n) is 6.98. The number of rotatable bonds is 7. The highest BCUT2D eigenvalue weighted by atomic mass is 32.1. The summed E-state index contributed by atoms with van der Waals surface area (Å²) in [4.78, 5) is 21.5. The highest BCUT2D eigenvalue weighted by Crippen LogP contribution is 2.37. The number of amides is 1. The monoisotopic (exact) mass is 445 g/mol. The lowest BCUT2D eigenvalue weighted by atomic mass is 9.85. The van der Waals surface area contributed by atoms with Gasteiger partial charge in [-0.1, -0.05) is 12.5 Å². The van der Waals surface area contributed by atoms with E-state index in [9.17, 15) is 4.79 Å². The maximum Gasteiger partial charge on any atom is 0.223 e. The number of carbonyl (C=O) groups is 1. The van der Waals surface area contributed by atoms with Gasteiger partial charge < -0.3 is 16.0 Å². The van der Waals surface area contributed by atoms with Gasteiger partial charge in [-0.3, -0.25) is 14.7 Å². The number of nitrogens with one attached hydrogen (secondary N) is 3. The van der Waals surface area contributed by atoms with Crippen molar-refractivity contribution in [2.45, 2.75) is 76.4 Å². The molecule has 2 heterocycles. The van der Waals surface area contributed by atoms with Gasteiger partial charge in [-0.15, -0.1) is 11.3 Å². The summed E-state index contributed by atoms with van der Waals surface area (Å²) in [5.41, 5.74) is 0. The Balaban J connectivity index is 1.36. The van der Waals surface area contributed by atoms with Crippen LogP contribution in [-0.4, -0.2) is 55.5 Å². The first-order valence-corrected chi connectivity index (χ1v) is 13.1. The van der Waals surface area contributed by atoms with Crippen LogP contribution in [0, 0.1) is 11.8 Å². The molecule has 0 radical (unpaired) electrons. The Hall–Kier alpha value is -1.60. The first kappa shape index (κ1) is 22.6. The molecule has 0 aromatic carbocycles. The van der Waals surface area contributed by atoms with Crippen molar-refractivity contribution in [1.82, 2.24) is 20.9 Å². The van der Waals surface area contributed by atoms with E-state index < -0.39 is 0 Å². The molecule has 0 bridgehead atoms. The van der Waals surface area contributed by atoms with E-state index in [2.05, 4.69) is 52.3 Å². The van der Waals surface area contributed by atoms with Gasteiger partial charge in [-0.2, -0.15) is 0 Å².